The van der Waals surface area contributed by atoms with Crippen molar-refractivity contribution in [3.05, 3.63) is 70.8 Å². The lowest BCUT2D eigenvalue weighted by molar-refractivity contribution is -0.131. The summed E-state index contributed by atoms with van der Waals surface area (Å²) in [7, 11) is 4.85. The summed E-state index contributed by atoms with van der Waals surface area (Å²) in [6.45, 7) is 6.31. The lowest BCUT2D eigenvalue weighted by Gasteiger charge is -2.32. The number of likely N-dealkylation sites (tertiary alicyclic amines) is 1. The summed E-state index contributed by atoms with van der Waals surface area (Å²) >= 11 is 0. The van der Waals surface area contributed by atoms with Crippen molar-refractivity contribution in [2.75, 3.05) is 34.4 Å². The van der Waals surface area contributed by atoms with E-state index in [2.05, 4.69) is 41.6 Å². The summed E-state index contributed by atoms with van der Waals surface area (Å²) in [5.41, 5.74) is 4.53. The van der Waals surface area contributed by atoms with E-state index in [4.69, 9.17) is 14.2 Å². The molecule has 1 aromatic heterocycles. The zero-order valence-electron chi connectivity index (χ0n) is 21.3. The Labute approximate surface area is 207 Å². The Kier molecular flexibility index (Phi) is 7.63. The Hall–Kier alpha value is -3.48. The van der Waals surface area contributed by atoms with Crippen LogP contribution in [0.3, 0.4) is 0 Å². The molecule has 186 valence electrons. The Morgan fingerprint density at radius 2 is 1.54 bits per heavy atom. The lowest BCUT2D eigenvalue weighted by Crippen LogP contribution is -2.39. The Balaban J connectivity index is 1.41. The van der Waals surface area contributed by atoms with Crippen LogP contribution in [0.2, 0.25) is 0 Å². The zero-order valence-corrected chi connectivity index (χ0v) is 21.3. The van der Waals surface area contributed by atoms with Gasteiger partial charge in [0, 0.05) is 37.9 Å². The molecule has 0 atom stereocenters. The summed E-state index contributed by atoms with van der Waals surface area (Å²) in [5.74, 6) is 3.44. The van der Waals surface area contributed by atoms with E-state index >= 15 is 0 Å². The van der Waals surface area contributed by atoms with Crippen LogP contribution in [0.15, 0.2) is 42.7 Å². The van der Waals surface area contributed by atoms with Crippen molar-refractivity contribution in [1.29, 1.82) is 0 Å². The van der Waals surface area contributed by atoms with Gasteiger partial charge in [0.2, 0.25) is 11.7 Å². The van der Waals surface area contributed by atoms with Gasteiger partial charge in [0.05, 0.1) is 27.8 Å². The van der Waals surface area contributed by atoms with Crippen molar-refractivity contribution in [3.63, 3.8) is 0 Å². The minimum atomic E-state index is 0.203. The number of nitrogens with zero attached hydrogens (tertiary/aromatic N) is 3. The molecule has 1 aliphatic heterocycles. The Morgan fingerprint density at radius 3 is 2.11 bits per heavy atom. The number of aryl methyl sites for hydroxylation is 2. The third-order valence-corrected chi connectivity index (χ3v) is 6.67. The molecule has 0 N–H and O–H groups in total. The SMILES string of the molecule is COc1cc(Cn2ccnc2C2CCN(C(=O)Cc3cc(C)cc(C)c3)CC2)cc(OC)c1OC. The molecule has 7 heteroatoms. The largest absolute Gasteiger partial charge is 0.493 e. The number of carbonyl (C=O) groups excluding carboxylic acids is 1. The molecule has 0 unspecified atom stereocenters. The molecule has 2 aromatic carbocycles. The molecule has 7 nitrogen and oxygen atoms in total. The van der Waals surface area contributed by atoms with Crippen LogP contribution in [0, 0.1) is 13.8 Å². The molecule has 1 saturated heterocycles. The monoisotopic (exact) mass is 477 g/mol. The number of imidazole rings is 1. The molecule has 1 amide bonds. The number of carbonyl (C=O) groups is 1. The normalized spacial score (nSPS) is 14.1. The summed E-state index contributed by atoms with van der Waals surface area (Å²) in [6.07, 6.45) is 6.14. The summed E-state index contributed by atoms with van der Waals surface area (Å²) in [4.78, 5) is 19.6. The van der Waals surface area contributed by atoms with Gasteiger partial charge in [-0.05, 0) is 49.9 Å². The highest BCUT2D eigenvalue weighted by Crippen LogP contribution is 2.38. The maximum Gasteiger partial charge on any atom is 0.226 e. The van der Waals surface area contributed by atoms with E-state index in [1.165, 1.54) is 11.1 Å². The smallest absolute Gasteiger partial charge is 0.226 e. The number of piperidine rings is 1. The van der Waals surface area contributed by atoms with E-state index in [0.29, 0.717) is 36.1 Å². The highest BCUT2D eigenvalue weighted by atomic mass is 16.5. The fourth-order valence-electron chi connectivity index (χ4n) is 5.08. The van der Waals surface area contributed by atoms with Crippen molar-refractivity contribution in [1.82, 2.24) is 14.5 Å². The standard InChI is InChI=1S/C28H35N3O4/c1-19-12-20(2)14-21(13-19)17-26(32)30-9-6-23(7-10-30)28-29-8-11-31(28)18-22-15-24(33-3)27(35-5)25(16-22)34-4/h8,11-16,23H,6-7,9-10,17-18H2,1-5H3. The van der Waals surface area contributed by atoms with Gasteiger partial charge in [-0.1, -0.05) is 29.3 Å². The number of benzene rings is 2. The van der Waals surface area contributed by atoms with Gasteiger partial charge in [0.25, 0.3) is 0 Å². The Morgan fingerprint density at radius 1 is 0.914 bits per heavy atom. The van der Waals surface area contributed by atoms with Crippen LogP contribution in [0.25, 0.3) is 0 Å². The van der Waals surface area contributed by atoms with Gasteiger partial charge in [0.15, 0.2) is 11.5 Å². The molecule has 35 heavy (non-hydrogen) atoms. The van der Waals surface area contributed by atoms with Gasteiger partial charge in [-0.25, -0.2) is 4.98 Å². The summed E-state index contributed by atoms with van der Waals surface area (Å²) in [6, 6.07) is 10.3. The number of amides is 1. The van der Waals surface area contributed by atoms with Gasteiger partial charge in [-0.2, -0.15) is 0 Å². The van der Waals surface area contributed by atoms with Crippen molar-refractivity contribution in [2.24, 2.45) is 0 Å². The molecule has 0 radical (unpaired) electrons. The number of ether oxygens (including phenoxy) is 3. The van der Waals surface area contributed by atoms with E-state index in [1.54, 1.807) is 21.3 Å². The molecule has 2 heterocycles. The Bertz CT molecular complexity index is 1130. The molecule has 4 rings (SSSR count). The van der Waals surface area contributed by atoms with Gasteiger partial charge in [-0.3, -0.25) is 4.79 Å². The molecule has 1 fully saturated rings. The topological polar surface area (TPSA) is 65.8 Å². The first-order valence-corrected chi connectivity index (χ1v) is 12.1. The third-order valence-electron chi connectivity index (χ3n) is 6.67. The average molecular weight is 478 g/mol. The number of hydrogen-bond donors (Lipinski definition) is 0. The van der Waals surface area contributed by atoms with Crippen LogP contribution >= 0.6 is 0 Å². The van der Waals surface area contributed by atoms with Gasteiger partial charge < -0.3 is 23.7 Å². The van der Waals surface area contributed by atoms with E-state index in [0.717, 1.165) is 42.9 Å². The predicted octanol–water partition coefficient (Wildman–Crippen LogP) is 4.52. The zero-order chi connectivity index (χ0) is 24.9. The minimum Gasteiger partial charge on any atom is -0.493 e. The van der Waals surface area contributed by atoms with E-state index in [1.807, 2.05) is 29.4 Å². The highest BCUT2D eigenvalue weighted by Gasteiger charge is 2.26. The van der Waals surface area contributed by atoms with E-state index < -0.39 is 0 Å². The first kappa shape index (κ1) is 24.6. The molecule has 0 aliphatic carbocycles. The molecule has 0 bridgehead atoms. The summed E-state index contributed by atoms with van der Waals surface area (Å²) < 4.78 is 18.6. The van der Waals surface area contributed by atoms with Gasteiger partial charge in [-0.15, -0.1) is 0 Å². The molecule has 3 aromatic rings. The van der Waals surface area contributed by atoms with E-state index in [-0.39, 0.29) is 5.91 Å². The van der Waals surface area contributed by atoms with Crippen LogP contribution in [0.5, 0.6) is 17.2 Å². The van der Waals surface area contributed by atoms with Crippen LogP contribution in [0.1, 0.15) is 46.8 Å². The molecular formula is C28H35N3O4. The number of hydrogen-bond acceptors (Lipinski definition) is 5. The first-order valence-electron chi connectivity index (χ1n) is 12.1. The van der Waals surface area contributed by atoms with Gasteiger partial charge in [0.1, 0.15) is 5.82 Å². The number of aromatic nitrogens is 2. The van der Waals surface area contributed by atoms with Crippen molar-refractivity contribution in [3.8, 4) is 17.2 Å². The quantitative estimate of drug-likeness (QED) is 0.477. The van der Waals surface area contributed by atoms with Crippen LogP contribution in [-0.4, -0.2) is 54.8 Å². The van der Waals surface area contributed by atoms with Crippen molar-refractivity contribution in [2.45, 2.75) is 45.6 Å². The highest BCUT2D eigenvalue weighted by molar-refractivity contribution is 5.79. The van der Waals surface area contributed by atoms with E-state index in [9.17, 15) is 4.79 Å². The fourth-order valence-corrected chi connectivity index (χ4v) is 5.08. The second-order valence-corrected chi connectivity index (χ2v) is 9.27. The first-order chi connectivity index (χ1) is 16.9. The van der Waals surface area contributed by atoms with Crippen molar-refractivity contribution >= 4 is 5.91 Å². The molecular weight excluding hydrogens is 442 g/mol. The second-order valence-electron chi connectivity index (χ2n) is 9.27. The average Bonchev–Trinajstić information content (AvgIpc) is 3.30. The minimum absolute atomic E-state index is 0.203. The predicted molar refractivity (Wildman–Crippen MR) is 136 cm³/mol. The molecule has 1 aliphatic rings. The lowest BCUT2D eigenvalue weighted by atomic mass is 9.95. The third kappa shape index (κ3) is 5.61. The van der Waals surface area contributed by atoms with Crippen LogP contribution < -0.4 is 14.2 Å². The molecule has 0 saturated carbocycles. The van der Waals surface area contributed by atoms with Crippen LogP contribution in [0.4, 0.5) is 0 Å². The van der Waals surface area contributed by atoms with Gasteiger partial charge >= 0.3 is 0 Å². The maximum atomic E-state index is 12.9. The van der Waals surface area contributed by atoms with Crippen molar-refractivity contribution < 1.29 is 19.0 Å². The summed E-state index contributed by atoms with van der Waals surface area (Å²) in [5, 5.41) is 0. The maximum absolute atomic E-state index is 12.9. The molecule has 0 spiro atoms. The second kappa shape index (κ2) is 10.8. The number of methoxy groups -OCH3 is 3. The van der Waals surface area contributed by atoms with Crippen LogP contribution in [-0.2, 0) is 17.8 Å². The number of rotatable bonds is 8. The fraction of sp³-hybridized carbons (Fsp3) is 0.429.